The smallest absolute Gasteiger partial charge is 0.225 e. The number of aliphatic hydroxyl groups is 1. The van der Waals surface area contributed by atoms with Gasteiger partial charge in [-0.3, -0.25) is 9.59 Å². The highest BCUT2D eigenvalue weighted by molar-refractivity contribution is 5.81. The summed E-state index contributed by atoms with van der Waals surface area (Å²) >= 11 is 0. The van der Waals surface area contributed by atoms with E-state index in [1.54, 1.807) is 0 Å². The van der Waals surface area contributed by atoms with Crippen molar-refractivity contribution in [2.75, 3.05) is 13.6 Å². The van der Waals surface area contributed by atoms with Crippen LogP contribution in [0.25, 0.3) is 0 Å². The van der Waals surface area contributed by atoms with Crippen LogP contribution in [0.2, 0.25) is 0 Å². The van der Waals surface area contributed by atoms with E-state index in [-0.39, 0.29) is 29.9 Å². The van der Waals surface area contributed by atoms with Crippen LogP contribution in [-0.4, -0.2) is 59.6 Å². The predicted molar refractivity (Wildman–Crippen MR) is 126 cm³/mol. The Bertz CT molecular complexity index is 675. The quantitative estimate of drug-likeness (QED) is 0.619. The van der Waals surface area contributed by atoms with Gasteiger partial charge in [-0.25, -0.2) is 0 Å². The van der Waals surface area contributed by atoms with E-state index >= 15 is 0 Å². The zero-order valence-corrected chi connectivity index (χ0v) is 20.6. The molecule has 6 heteroatoms. The molecule has 0 spiro atoms. The minimum Gasteiger partial charge on any atom is -0.393 e. The van der Waals surface area contributed by atoms with E-state index in [0.29, 0.717) is 41.7 Å². The molecule has 0 aromatic carbocycles. The molecule has 0 aromatic heterocycles. The summed E-state index contributed by atoms with van der Waals surface area (Å²) in [5, 5.41) is 16.8. The van der Waals surface area contributed by atoms with Crippen LogP contribution >= 0.6 is 0 Å². The number of amides is 2. The fourth-order valence-electron chi connectivity index (χ4n) is 7.27. The minimum absolute atomic E-state index is 0.0334. The number of carbonyl (C=O) groups excluding carboxylic acids is 2. The van der Waals surface area contributed by atoms with Crippen LogP contribution < -0.4 is 10.6 Å². The van der Waals surface area contributed by atoms with E-state index in [0.717, 1.165) is 64.3 Å². The highest BCUT2D eigenvalue weighted by atomic mass is 16.3. The van der Waals surface area contributed by atoms with Crippen molar-refractivity contribution in [1.82, 2.24) is 15.5 Å². The normalized spacial score (nSPS) is 44.0. The molecule has 0 bridgehead atoms. The second-order valence-corrected chi connectivity index (χ2v) is 11.7. The maximum absolute atomic E-state index is 13.4. The third kappa shape index (κ3) is 5.01. The van der Waals surface area contributed by atoms with Crippen molar-refractivity contribution in [3.8, 4) is 0 Å². The molecule has 2 aliphatic heterocycles. The molecule has 32 heavy (non-hydrogen) atoms. The van der Waals surface area contributed by atoms with Gasteiger partial charge in [0.1, 0.15) is 0 Å². The zero-order valence-electron chi connectivity index (χ0n) is 20.6. The van der Waals surface area contributed by atoms with E-state index in [2.05, 4.69) is 24.5 Å². The summed E-state index contributed by atoms with van der Waals surface area (Å²) < 4.78 is 0. The summed E-state index contributed by atoms with van der Waals surface area (Å²) in [5.41, 5.74) is 0. The summed E-state index contributed by atoms with van der Waals surface area (Å²) in [5.74, 6) is 2.31. The minimum atomic E-state index is -0.249. The number of nitrogens with one attached hydrogen (secondary N) is 2. The van der Waals surface area contributed by atoms with Crippen LogP contribution in [0.3, 0.4) is 0 Å². The highest BCUT2D eigenvalue weighted by Crippen LogP contribution is 2.44. The third-order valence-electron chi connectivity index (χ3n) is 9.53. The lowest BCUT2D eigenvalue weighted by Crippen LogP contribution is -2.60. The first-order valence-corrected chi connectivity index (χ1v) is 13.2. The lowest BCUT2D eigenvalue weighted by molar-refractivity contribution is -0.149. The molecule has 182 valence electrons. The van der Waals surface area contributed by atoms with Gasteiger partial charge < -0.3 is 20.6 Å². The van der Waals surface area contributed by atoms with Crippen molar-refractivity contribution in [3.63, 3.8) is 0 Å². The summed E-state index contributed by atoms with van der Waals surface area (Å²) in [4.78, 5) is 28.6. The molecule has 0 radical (unpaired) electrons. The first kappa shape index (κ1) is 24.0. The maximum Gasteiger partial charge on any atom is 0.225 e. The molecule has 2 aliphatic carbocycles. The van der Waals surface area contributed by atoms with Crippen molar-refractivity contribution in [2.45, 2.75) is 103 Å². The Morgan fingerprint density at radius 1 is 1.09 bits per heavy atom. The van der Waals surface area contributed by atoms with Crippen LogP contribution in [0.4, 0.5) is 0 Å². The van der Waals surface area contributed by atoms with E-state index in [9.17, 15) is 14.7 Å². The second kappa shape index (κ2) is 10.0. The monoisotopic (exact) mass is 447 g/mol. The van der Waals surface area contributed by atoms with Crippen LogP contribution in [0.1, 0.15) is 78.6 Å². The Kier molecular flexibility index (Phi) is 7.50. The molecule has 4 aliphatic rings. The van der Waals surface area contributed by atoms with Gasteiger partial charge in [-0.15, -0.1) is 0 Å². The predicted octanol–water partition coefficient (Wildman–Crippen LogP) is 2.94. The maximum atomic E-state index is 13.4. The second-order valence-electron chi connectivity index (χ2n) is 11.7. The molecule has 2 saturated carbocycles. The number of nitrogens with zero attached hydrogens (tertiary/aromatic N) is 1. The third-order valence-corrected chi connectivity index (χ3v) is 9.53. The number of aliphatic hydroxyl groups excluding tert-OH is 1. The summed E-state index contributed by atoms with van der Waals surface area (Å²) in [6.45, 7) is 7.38. The first-order chi connectivity index (χ1) is 15.2. The molecule has 0 aromatic rings. The van der Waals surface area contributed by atoms with Crippen LogP contribution in [0.15, 0.2) is 0 Å². The largest absolute Gasteiger partial charge is 0.393 e. The standard InChI is InChI=1S/C26H45N3O3/c1-15-5-6-19(25(31)28-21-9-7-18(8-10-21)17(3)30)12-22(15)23-13-20-14-27-16(2)11-24(20)29(4)26(23)32/h15-24,27,30H,5-14H2,1-4H3,(H,28,31). The number of likely N-dealkylation sites (tertiary alicyclic amines) is 1. The SMILES string of the molecule is CC1CC2C(CN1)CC(C1CC(C(=O)NC3CCC(C(C)O)CC3)CCC1C)C(=O)N2C. The number of hydrogen-bond acceptors (Lipinski definition) is 4. The number of hydrogen-bond donors (Lipinski definition) is 3. The Morgan fingerprint density at radius 2 is 1.81 bits per heavy atom. The molecule has 2 saturated heterocycles. The summed E-state index contributed by atoms with van der Waals surface area (Å²) in [6.07, 6.45) is 8.51. The number of rotatable bonds is 4. The van der Waals surface area contributed by atoms with Gasteiger partial charge in [0.15, 0.2) is 0 Å². The van der Waals surface area contributed by atoms with Gasteiger partial charge in [-0.05, 0) is 95.3 Å². The molecule has 8 atom stereocenters. The molecule has 3 N–H and O–H groups in total. The molecule has 4 rings (SSSR count). The van der Waals surface area contributed by atoms with Crippen molar-refractivity contribution in [3.05, 3.63) is 0 Å². The Labute approximate surface area is 194 Å². The summed E-state index contributed by atoms with van der Waals surface area (Å²) in [6, 6.07) is 1.08. The van der Waals surface area contributed by atoms with Gasteiger partial charge in [-0.1, -0.05) is 6.92 Å². The first-order valence-electron chi connectivity index (χ1n) is 13.2. The van der Waals surface area contributed by atoms with E-state index in [4.69, 9.17) is 0 Å². The zero-order chi connectivity index (χ0) is 23.0. The van der Waals surface area contributed by atoms with E-state index < -0.39 is 0 Å². The average molecular weight is 448 g/mol. The highest BCUT2D eigenvalue weighted by Gasteiger charge is 2.47. The molecule has 6 nitrogen and oxygen atoms in total. The summed E-state index contributed by atoms with van der Waals surface area (Å²) in [7, 11) is 2.01. The van der Waals surface area contributed by atoms with Crippen LogP contribution in [0.5, 0.6) is 0 Å². The van der Waals surface area contributed by atoms with Crippen molar-refractivity contribution in [1.29, 1.82) is 0 Å². The number of fused-ring (bicyclic) bond motifs is 1. The molecular weight excluding hydrogens is 402 g/mol. The van der Waals surface area contributed by atoms with Crippen LogP contribution in [-0.2, 0) is 9.59 Å². The molecule has 4 fully saturated rings. The van der Waals surface area contributed by atoms with Gasteiger partial charge >= 0.3 is 0 Å². The lowest BCUT2D eigenvalue weighted by atomic mass is 9.64. The number of piperidine rings is 2. The van der Waals surface area contributed by atoms with Gasteiger partial charge in [0.2, 0.25) is 11.8 Å². The van der Waals surface area contributed by atoms with Crippen molar-refractivity contribution < 1.29 is 14.7 Å². The topological polar surface area (TPSA) is 81.7 Å². The average Bonchev–Trinajstić information content (AvgIpc) is 2.77. The van der Waals surface area contributed by atoms with Crippen molar-refractivity contribution in [2.24, 2.45) is 35.5 Å². The fourth-order valence-corrected chi connectivity index (χ4v) is 7.27. The number of carbonyl (C=O) groups is 2. The lowest BCUT2D eigenvalue weighted by Gasteiger charge is -2.50. The van der Waals surface area contributed by atoms with Crippen molar-refractivity contribution >= 4 is 11.8 Å². The molecule has 2 amide bonds. The molecule has 2 heterocycles. The Balaban J connectivity index is 1.36. The van der Waals surface area contributed by atoms with Gasteiger partial charge in [0.05, 0.1) is 6.10 Å². The molecule has 8 unspecified atom stereocenters. The van der Waals surface area contributed by atoms with Gasteiger partial charge in [0.25, 0.3) is 0 Å². The van der Waals surface area contributed by atoms with Crippen LogP contribution in [0, 0.1) is 35.5 Å². The van der Waals surface area contributed by atoms with E-state index in [1.807, 2.05) is 18.9 Å². The van der Waals surface area contributed by atoms with Gasteiger partial charge in [-0.2, -0.15) is 0 Å². The Hall–Kier alpha value is -1.14. The van der Waals surface area contributed by atoms with Gasteiger partial charge in [0, 0.05) is 43.6 Å². The Morgan fingerprint density at radius 3 is 2.50 bits per heavy atom. The molecular formula is C26H45N3O3. The van der Waals surface area contributed by atoms with E-state index in [1.165, 1.54) is 0 Å². The fraction of sp³-hybridized carbons (Fsp3) is 0.923.